The first kappa shape index (κ1) is 15.0. The molecule has 2 rings (SSSR count). The summed E-state index contributed by atoms with van der Waals surface area (Å²) in [6, 6.07) is 10.1. The minimum absolute atomic E-state index is 0.125. The molecular weight excluding hydrogens is 262 g/mol. The SMILES string of the molecule is CNc1ccncc1C(=O)NCc1ccc(C(C)C)cc1. The molecule has 0 radical (unpaired) electrons. The van der Waals surface area contributed by atoms with Gasteiger partial charge in [0.25, 0.3) is 5.91 Å². The van der Waals surface area contributed by atoms with Crippen molar-refractivity contribution in [3.05, 3.63) is 59.4 Å². The molecule has 110 valence electrons. The zero-order valence-corrected chi connectivity index (χ0v) is 12.7. The highest BCUT2D eigenvalue weighted by Crippen LogP contribution is 2.15. The number of rotatable bonds is 5. The van der Waals surface area contributed by atoms with Crippen LogP contribution in [0.3, 0.4) is 0 Å². The molecular formula is C17H21N3O. The Morgan fingerprint density at radius 2 is 1.90 bits per heavy atom. The molecule has 0 spiro atoms. The minimum Gasteiger partial charge on any atom is -0.387 e. The monoisotopic (exact) mass is 283 g/mol. The maximum absolute atomic E-state index is 12.2. The molecule has 0 bridgehead atoms. The first-order valence-electron chi connectivity index (χ1n) is 7.10. The third-order valence-corrected chi connectivity index (χ3v) is 3.43. The van der Waals surface area contributed by atoms with Gasteiger partial charge < -0.3 is 10.6 Å². The van der Waals surface area contributed by atoms with E-state index in [9.17, 15) is 4.79 Å². The number of anilines is 1. The maximum Gasteiger partial charge on any atom is 0.255 e. The Balaban J connectivity index is 2.00. The Morgan fingerprint density at radius 3 is 2.52 bits per heavy atom. The third kappa shape index (κ3) is 3.81. The van der Waals surface area contributed by atoms with Crippen molar-refractivity contribution >= 4 is 11.6 Å². The van der Waals surface area contributed by atoms with Gasteiger partial charge in [-0.2, -0.15) is 0 Å². The van der Waals surface area contributed by atoms with Crippen molar-refractivity contribution < 1.29 is 4.79 Å². The first-order chi connectivity index (χ1) is 10.1. The zero-order valence-electron chi connectivity index (χ0n) is 12.7. The van der Waals surface area contributed by atoms with Gasteiger partial charge in [-0.05, 0) is 23.1 Å². The van der Waals surface area contributed by atoms with Gasteiger partial charge in [0.05, 0.1) is 5.56 Å². The largest absolute Gasteiger partial charge is 0.387 e. The highest BCUT2D eigenvalue weighted by molar-refractivity contribution is 5.99. The smallest absolute Gasteiger partial charge is 0.255 e. The van der Waals surface area contributed by atoms with E-state index < -0.39 is 0 Å². The number of hydrogen-bond acceptors (Lipinski definition) is 3. The molecule has 0 aliphatic rings. The van der Waals surface area contributed by atoms with E-state index in [4.69, 9.17) is 0 Å². The predicted octanol–water partition coefficient (Wildman–Crippen LogP) is 3.18. The normalized spacial score (nSPS) is 10.5. The average Bonchev–Trinajstić information content (AvgIpc) is 2.52. The van der Waals surface area contributed by atoms with Gasteiger partial charge in [-0.25, -0.2) is 0 Å². The van der Waals surface area contributed by atoms with Crippen LogP contribution in [-0.2, 0) is 6.54 Å². The van der Waals surface area contributed by atoms with Crippen LogP contribution in [0.15, 0.2) is 42.7 Å². The molecule has 0 fully saturated rings. The molecule has 1 aromatic heterocycles. The lowest BCUT2D eigenvalue weighted by atomic mass is 10.0. The number of nitrogens with zero attached hydrogens (tertiary/aromatic N) is 1. The fraction of sp³-hybridized carbons (Fsp3) is 0.294. The van der Waals surface area contributed by atoms with E-state index in [0.29, 0.717) is 18.0 Å². The summed E-state index contributed by atoms with van der Waals surface area (Å²) in [5.41, 5.74) is 3.72. The number of benzene rings is 1. The fourth-order valence-electron chi connectivity index (χ4n) is 2.09. The molecule has 2 N–H and O–H groups in total. The molecule has 1 amide bonds. The third-order valence-electron chi connectivity index (χ3n) is 3.43. The Labute approximate surface area is 125 Å². The molecule has 4 nitrogen and oxygen atoms in total. The van der Waals surface area contributed by atoms with Gasteiger partial charge in [-0.3, -0.25) is 9.78 Å². The van der Waals surface area contributed by atoms with Crippen molar-refractivity contribution in [3.63, 3.8) is 0 Å². The van der Waals surface area contributed by atoms with Gasteiger partial charge in [0, 0.05) is 31.7 Å². The highest BCUT2D eigenvalue weighted by atomic mass is 16.1. The number of amides is 1. The molecule has 0 saturated carbocycles. The average molecular weight is 283 g/mol. The second kappa shape index (κ2) is 6.88. The number of hydrogen-bond donors (Lipinski definition) is 2. The van der Waals surface area contributed by atoms with Gasteiger partial charge in [0.15, 0.2) is 0 Å². The quantitative estimate of drug-likeness (QED) is 0.886. The van der Waals surface area contributed by atoms with Crippen LogP contribution >= 0.6 is 0 Å². The van der Waals surface area contributed by atoms with Crippen LogP contribution in [0.25, 0.3) is 0 Å². The summed E-state index contributed by atoms with van der Waals surface area (Å²) < 4.78 is 0. The molecule has 0 aliphatic heterocycles. The molecule has 21 heavy (non-hydrogen) atoms. The van der Waals surface area contributed by atoms with Crippen LogP contribution < -0.4 is 10.6 Å². The second-order valence-electron chi connectivity index (χ2n) is 5.25. The van der Waals surface area contributed by atoms with Crippen molar-refractivity contribution in [1.82, 2.24) is 10.3 Å². The molecule has 0 saturated heterocycles. The molecule has 4 heteroatoms. The standard InChI is InChI=1S/C17H21N3O/c1-12(2)14-6-4-13(5-7-14)10-20-17(21)15-11-19-9-8-16(15)18-3/h4-9,11-12H,10H2,1-3H3,(H,18,19)(H,20,21). The van der Waals surface area contributed by atoms with Crippen molar-refractivity contribution in [2.45, 2.75) is 26.3 Å². The van der Waals surface area contributed by atoms with Crippen molar-refractivity contribution in [3.8, 4) is 0 Å². The van der Waals surface area contributed by atoms with Gasteiger partial charge in [0.2, 0.25) is 0 Å². The molecule has 0 aliphatic carbocycles. The van der Waals surface area contributed by atoms with Crippen molar-refractivity contribution in [1.29, 1.82) is 0 Å². The number of aromatic nitrogens is 1. The summed E-state index contributed by atoms with van der Waals surface area (Å²) in [6.45, 7) is 4.84. The van der Waals surface area contributed by atoms with E-state index in [2.05, 4.69) is 53.7 Å². The molecule has 0 atom stereocenters. The summed E-state index contributed by atoms with van der Waals surface area (Å²) in [5.74, 6) is 0.391. The van der Waals surface area contributed by atoms with Crippen LogP contribution in [0.4, 0.5) is 5.69 Å². The van der Waals surface area contributed by atoms with E-state index in [1.807, 2.05) is 0 Å². The fourth-order valence-corrected chi connectivity index (χ4v) is 2.09. The van der Waals surface area contributed by atoms with Crippen LogP contribution in [0.2, 0.25) is 0 Å². The summed E-state index contributed by atoms with van der Waals surface area (Å²) in [6.07, 6.45) is 3.23. The summed E-state index contributed by atoms with van der Waals surface area (Å²) in [5, 5.41) is 5.91. The van der Waals surface area contributed by atoms with E-state index in [1.165, 1.54) is 5.56 Å². The Kier molecular flexibility index (Phi) is 4.93. The Morgan fingerprint density at radius 1 is 1.19 bits per heavy atom. The number of carbonyl (C=O) groups excluding carboxylic acids is 1. The van der Waals surface area contributed by atoms with Crippen LogP contribution in [-0.4, -0.2) is 17.9 Å². The number of nitrogens with one attached hydrogen (secondary N) is 2. The Bertz CT molecular complexity index is 606. The van der Waals surface area contributed by atoms with Crippen molar-refractivity contribution in [2.75, 3.05) is 12.4 Å². The van der Waals surface area contributed by atoms with Gasteiger partial charge in [0.1, 0.15) is 0 Å². The summed E-state index contributed by atoms with van der Waals surface area (Å²) >= 11 is 0. The van der Waals surface area contributed by atoms with Crippen LogP contribution in [0, 0.1) is 0 Å². The van der Waals surface area contributed by atoms with E-state index in [1.54, 1.807) is 25.5 Å². The summed E-state index contributed by atoms with van der Waals surface area (Å²) in [4.78, 5) is 16.2. The lowest BCUT2D eigenvalue weighted by Gasteiger charge is -2.10. The molecule has 1 aromatic carbocycles. The zero-order chi connectivity index (χ0) is 15.2. The molecule has 1 heterocycles. The van der Waals surface area contributed by atoms with E-state index >= 15 is 0 Å². The number of carbonyl (C=O) groups is 1. The van der Waals surface area contributed by atoms with Gasteiger partial charge in [-0.1, -0.05) is 38.1 Å². The summed E-state index contributed by atoms with van der Waals surface area (Å²) in [7, 11) is 1.79. The lowest BCUT2D eigenvalue weighted by Crippen LogP contribution is -2.23. The Hall–Kier alpha value is -2.36. The molecule has 0 unspecified atom stereocenters. The van der Waals surface area contributed by atoms with Gasteiger partial charge in [-0.15, -0.1) is 0 Å². The van der Waals surface area contributed by atoms with Crippen LogP contribution in [0.5, 0.6) is 0 Å². The predicted molar refractivity (Wildman–Crippen MR) is 85.5 cm³/mol. The maximum atomic E-state index is 12.2. The van der Waals surface area contributed by atoms with Gasteiger partial charge >= 0.3 is 0 Å². The molecule has 2 aromatic rings. The van der Waals surface area contributed by atoms with E-state index in [-0.39, 0.29) is 5.91 Å². The van der Waals surface area contributed by atoms with E-state index in [0.717, 1.165) is 11.3 Å². The van der Waals surface area contributed by atoms with Crippen molar-refractivity contribution in [2.24, 2.45) is 0 Å². The van der Waals surface area contributed by atoms with Crippen LogP contribution in [0.1, 0.15) is 41.3 Å². The topological polar surface area (TPSA) is 54.0 Å². The minimum atomic E-state index is -0.125. The first-order valence-corrected chi connectivity index (χ1v) is 7.10. The lowest BCUT2D eigenvalue weighted by molar-refractivity contribution is 0.0951. The number of pyridine rings is 1. The highest BCUT2D eigenvalue weighted by Gasteiger charge is 2.10. The second-order valence-corrected chi connectivity index (χ2v) is 5.25.